The van der Waals surface area contributed by atoms with Crippen LogP contribution in [0.5, 0.6) is 0 Å². The number of rotatable bonds is 4. The minimum absolute atomic E-state index is 0.0329. The van der Waals surface area contributed by atoms with Gasteiger partial charge in [0.15, 0.2) is 0 Å². The molecule has 2 aromatic heterocycles. The van der Waals surface area contributed by atoms with Crippen molar-refractivity contribution in [1.29, 1.82) is 0 Å². The van der Waals surface area contributed by atoms with E-state index in [0.29, 0.717) is 45.3 Å². The van der Waals surface area contributed by atoms with Gasteiger partial charge in [0.1, 0.15) is 17.3 Å². The molecule has 1 aliphatic carbocycles. The van der Waals surface area contributed by atoms with Crippen molar-refractivity contribution in [1.82, 2.24) is 24.9 Å². The van der Waals surface area contributed by atoms with E-state index < -0.39 is 17.2 Å². The summed E-state index contributed by atoms with van der Waals surface area (Å²) in [4.78, 5) is 21.2. The monoisotopic (exact) mass is 599 g/mol. The minimum atomic E-state index is -0.411. The van der Waals surface area contributed by atoms with Crippen molar-refractivity contribution < 1.29 is 13.6 Å². The van der Waals surface area contributed by atoms with Gasteiger partial charge in [0.2, 0.25) is 0 Å². The molecule has 0 radical (unpaired) electrons. The average Bonchev–Trinajstić information content (AvgIpc) is 3.43. The molecule has 0 bridgehead atoms. The number of fused-ring (bicyclic) bond motifs is 1. The first-order chi connectivity index (χ1) is 19.4. The van der Waals surface area contributed by atoms with Gasteiger partial charge in [-0.15, -0.1) is 5.10 Å². The van der Waals surface area contributed by atoms with Gasteiger partial charge in [-0.25, -0.2) is 18.4 Å². The van der Waals surface area contributed by atoms with Crippen molar-refractivity contribution in [3.63, 3.8) is 0 Å². The van der Waals surface area contributed by atoms with E-state index in [-0.39, 0.29) is 11.8 Å². The second-order valence-electron chi connectivity index (χ2n) is 10.5. The minimum Gasteiger partial charge on any atom is -0.332 e. The number of halogens is 3. The molecule has 1 saturated carbocycles. The number of hydrogen-bond donors (Lipinski definition) is 0. The summed E-state index contributed by atoms with van der Waals surface area (Å²) in [5, 5.41) is 9.16. The van der Waals surface area contributed by atoms with Gasteiger partial charge in [0.05, 0.1) is 34.2 Å². The van der Waals surface area contributed by atoms with Crippen LogP contribution in [0.1, 0.15) is 46.8 Å². The lowest BCUT2D eigenvalue weighted by molar-refractivity contribution is 0.0710. The van der Waals surface area contributed by atoms with Gasteiger partial charge in [-0.1, -0.05) is 41.6 Å². The highest BCUT2D eigenvalue weighted by Gasteiger charge is 2.60. The molecule has 1 spiro atoms. The second-order valence-corrected chi connectivity index (χ2v) is 11.4. The van der Waals surface area contributed by atoms with Crippen LogP contribution in [0.4, 0.5) is 8.78 Å². The number of para-hydroxylation sites is 1. The van der Waals surface area contributed by atoms with Crippen molar-refractivity contribution in [2.45, 2.75) is 37.6 Å². The number of pyridine rings is 1. The maximum atomic E-state index is 14.6. The van der Waals surface area contributed by atoms with Crippen molar-refractivity contribution in [2.75, 3.05) is 6.54 Å². The number of aromatic nitrogens is 4. The van der Waals surface area contributed by atoms with E-state index in [4.69, 9.17) is 4.98 Å². The van der Waals surface area contributed by atoms with Crippen LogP contribution in [-0.4, -0.2) is 42.9 Å². The maximum absolute atomic E-state index is 14.6. The fraction of sp³-hybridized carbons (Fsp3) is 0.226. The Morgan fingerprint density at radius 1 is 1.05 bits per heavy atom. The summed E-state index contributed by atoms with van der Waals surface area (Å²) >= 11 is 3.41. The van der Waals surface area contributed by atoms with Crippen molar-refractivity contribution >= 4 is 32.7 Å². The molecule has 3 aromatic carbocycles. The first-order valence-corrected chi connectivity index (χ1v) is 14.0. The molecule has 1 unspecified atom stereocenters. The Morgan fingerprint density at radius 2 is 1.85 bits per heavy atom. The number of carbonyl (C=O) groups is 1. The van der Waals surface area contributed by atoms with Crippen molar-refractivity contribution in [2.24, 2.45) is 0 Å². The molecule has 3 heterocycles. The highest BCUT2D eigenvalue weighted by molar-refractivity contribution is 9.10. The molecule has 5 aromatic rings. The van der Waals surface area contributed by atoms with Crippen LogP contribution in [0.15, 0.2) is 77.4 Å². The van der Waals surface area contributed by atoms with Crippen LogP contribution in [0.2, 0.25) is 0 Å². The lowest BCUT2D eigenvalue weighted by Gasteiger charge is -2.29. The van der Waals surface area contributed by atoms with Crippen molar-refractivity contribution in [3.8, 4) is 16.9 Å². The summed E-state index contributed by atoms with van der Waals surface area (Å²) in [5.74, 6) is -0.977. The summed E-state index contributed by atoms with van der Waals surface area (Å²) < 4.78 is 31.1. The Labute approximate surface area is 237 Å². The summed E-state index contributed by atoms with van der Waals surface area (Å²) in [7, 11) is 0. The Bertz CT molecular complexity index is 1780. The summed E-state index contributed by atoms with van der Waals surface area (Å²) in [6.45, 7) is 2.43. The molecule has 6 nitrogen and oxygen atoms in total. The molecule has 1 saturated heterocycles. The van der Waals surface area contributed by atoms with Crippen LogP contribution >= 0.6 is 15.9 Å². The van der Waals surface area contributed by atoms with Gasteiger partial charge < -0.3 is 4.90 Å². The van der Waals surface area contributed by atoms with Gasteiger partial charge >= 0.3 is 0 Å². The lowest BCUT2D eigenvalue weighted by atomic mass is 9.93. The Morgan fingerprint density at radius 3 is 2.60 bits per heavy atom. The van der Waals surface area contributed by atoms with E-state index in [1.807, 2.05) is 42.2 Å². The fourth-order valence-electron chi connectivity index (χ4n) is 6.28. The predicted octanol–water partition coefficient (Wildman–Crippen LogP) is 6.99. The standard InChI is InChI=1S/C31H24BrF2N5O/c1-18-27(21-16-20(33)10-11-25(21)35-28(18)19-6-3-2-4-7-19)30(40)38-15-12-22(31(38)13-14-31)26-17-39(37-36-26)29-23(32)8-5-9-24(29)34/h2-11,16-17,22H,12-15H2,1H3. The summed E-state index contributed by atoms with van der Waals surface area (Å²) in [5.41, 5.74) is 4.03. The summed E-state index contributed by atoms with van der Waals surface area (Å²) in [6.07, 6.45) is 4.14. The predicted molar refractivity (Wildman–Crippen MR) is 151 cm³/mol. The maximum Gasteiger partial charge on any atom is 0.255 e. The smallest absolute Gasteiger partial charge is 0.255 e. The molecule has 7 rings (SSSR count). The van der Waals surface area contributed by atoms with E-state index >= 15 is 0 Å². The van der Waals surface area contributed by atoms with Crippen LogP contribution in [0, 0.1) is 18.6 Å². The molecule has 1 atom stereocenters. The zero-order valence-electron chi connectivity index (χ0n) is 21.6. The largest absolute Gasteiger partial charge is 0.332 e. The highest BCUT2D eigenvalue weighted by atomic mass is 79.9. The molecule has 1 aliphatic heterocycles. The van der Waals surface area contributed by atoms with Gasteiger partial charge in [-0.2, -0.15) is 0 Å². The third-order valence-corrected chi connectivity index (χ3v) is 8.96. The van der Waals surface area contributed by atoms with E-state index in [2.05, 4.69) is 26.2 Å². The first kappa shape index (κ1) is 25.0. The molecule has 1 amide bonds. The summed E-state index contributed by atoms with van der Waals surface area (Å²) in [6, 6.07) is 18.9. The molecule has 9 heteroatoms. The Hall–Kier alpha value is -3.98. The first-order valence-electron chi connectivity index (χ1n) is 13.2. The molecule has 200 valence electrons. The average molecular weight is 600 g/mol. The number of hydrogen-bond acceptors (Lipinski definition) is 4. The van der Waals surface area contributed by atoms with Crippen LogP contribution < -0.4 is 0 Å². The van der Waals surface area contributed by atoms with Gasteiger partial charge in [0, 0.05) is 27.9 Å². The molecular formula is C31H24BrF2N5O. The van der Waals surface area contributed by atoms with Gasteiger partial charge in [0.25, 0.3) is 5.91 Å². The SMILES string of the molecule is Cc1c(-c2ccccc2)nc2ccc(F)cc2c1C(=O)N1CCC(c2cn(-c3c(F)cccc3Br)nn2)C12CC2. The zero-order valence-corrected chi connectivity index (χ0v) is 23.2. The number of nitrogens with zero attached hydrogens (tertiary/aromatic N) is 5. The molecule has 2 aliphatic rings. The van der Waals surface area contributed by atoms with Gasteiger partial charge in [-0.05, 0) is 78.0 Å². The Balaban J connectivity index is 1.29. The third-order valence-electron chi connectivity index (χ3n) is 8.32. The van der Waals surface area contributed by atoms with E-state index in [9.17, 15) is 13.6 Å². The third kappa shape index (κ3) is 3.86. The molecule has 2 fully saturated rings. The lowest BCUT2D eigenvalue weighted by Crippen LogP contribution is -2.40. The quantitative estimate of drug-likeness (QED) is 0.223. The second kappa shape index (κ2) is 9.30. The van der Waals surface area contributed by atoms with E-state index in [1.165, 1.54) is 22.9 Å². The zero-order chi connectivity index (χ0) is 27.6. The number of carbonyl (C=O) groups excluding carboxylic acids is 1. The van der Waals surface area contributed by atoms with E-state index in [1.54, 1.807) is 24.4 Å². The molecule has 0 N–H and O–H groups in total. The van der Waals surface area contributed by atoms with Crippen molar-refractivity contribution in [3.05, 3.63) is 106 Å². The normalized spacial score (nSPS) is 17.6. The number of amides is 1. The van der Waals surface area contributed by atoms with Crippen LogP contribution in [0.3, 0.4) is 0 Å². The van der Waals surface area contributed by atoms with Gasteiger partial charge in [-0.3, -0.25) is 4.79 Å². The topological polar surface area (TPSA) is 63.9 Å². The van der Waals surface area contributed by atoms with Crippen LogP contribution in [0.25, 0.3) is 27.8 Å². The molecular weight excluding hydrogens is 576 g/mol. The number of benzene rings is 3. The molecule has 40 heavy (non-hydrogen) atoms. The van der Waals surface area contributed by atoms with Crippen LogP contribution in [-0.2, 0) is 0 Å². The Kier molecular flexibility index (Phi) is 5.82. The fourth-order valence-corrected chi connectivity index (χ4v) is 6.81. The number of likely N-dealkylation sites (tertiary alicyclic amines) is 1. The highest BCUT2D eigenvalue weighted by Crippen LogP contribution is 2.57. The van der Waals surface area contributed by atoms with E-state index in [0.717, 1.165) is 29.7 Å².